The van der Waals surface area contributed by atoms with Crippen molar-refractivity contribution in [2.24, 2.45) is 0 Å². The second-order valence-corrected chi connectivity index (χ2v) is 4.96. The summed E-state index contributed by atoms with van der Waals surface area (Å²) in [6.45, 7) is -0.547. The molecule has 122 valence electrons. The quantitative estimate of drug-likeness (QED) is 0.468. The van der Waals surface area contributed by atoms with Crippen LogP contribution in [-0.2, 0) is 16.1 Å². The predicted octanol–water partition coefficient (Wildman–Crippen LogP) is -1.29. The van der Waals surface area contributed by atoms with Crippen LogP contribution >= 0.6 is 0 Å². The zero-order chi connectivity index (χ0) is 16.1. The van der Waals surface area contributed by atoms with E-state index in [0.29, 0.717) is 0 Å². The monoisotopic (exact) mass is 313 g/mol. The molecule has 1 saturated heterocycles. The molecule has 0 bridgehead atoms. The smallest absolute Gasteiger partial charge is 0.407 e. The first-order valence-electron chi connectivity index (χ1n) is 6.80. The largest absolute Gasteiger partial charge is 0.445 e. The van der Waals surface area contributed by atoms with Crippen LogP contribution in [0.3, 0.4) is 0 Å². The van der Waals surface area contributed by atoms with Crippen LogP contribution in [0, 0.1) is 0 Å². The van der Waals surface area contributed by atoms with Crippen LogP contribution in [-0.4, -0.2) is 63.8 Å². The van der Waals surface area contributed by atoms with Gasteiger partial charge in [-0.2, -0.15) is 0 Å². The summed E-state index contributed by atoms with van der Waals surface area (Å²) in [7, 11) is 0. The van der Waals surface area contributed by atoms with Crippen molar-refractivity contribution in [2.75, 3.05) is 6.61 Å². The van der Waals surface area contributed by atoms with E-state index in [0.717, 1.165) is 5.56 Å². The third-order valence-corrected chi connectivity index (χ3v) is 3.40. The zero-order valence-electron chi connectivity index (χ0n) is 11.7. The first-order chi connectivity index (χ1) is 10.5. The lowest BCUT2D eigenvalue weighted by molar-refractivity contribution is -0.253. The lowest BCUT2D eigenvalue weighted by Crippen LogP contribution is -2.64. The highest BCUT2D eigenvalue weighted by Gasteiger charge is 2.44. The van der Waals surface area contributed by atoms with Crippen LogP contribution in [0.15, 0.2) is 30.3 Å². The lowest BCUT2D eigenvalue weighted by Gasteiger charge is -2.39. The van der Waals surface area contributed by atoms with Gasteiger partial charge in [0, 0.05) is 0 Å². The summed E-state index contributed by atoms with van der Waals surface area (Å²) in [6, 6.07) is 7.71. The van der Waals surface area contributed by atoms with Crippen molar-refractivity contribution in [1.82, 2.24) is 5.32 Å². The third-order valence-electron chi connectivity index (χ3n) is 3.40. The number of hydrogen-bond acceptors (Lipinski definition) is 7. The SMILES string of the molecule is O=C(N[C@H]1[C@H](O)[C@@H](O)[C@H](CO)O[C@@H]1O)OCc1ccccc1. The topological polar surface area (TPSA) is 128 Å². The molecule has 0 saturated carbocycles. The number of ether oxygens (including phenoxy) is 2. The van der Waals surface area contributed by atoms with Crippen LogP contribution in [0.5, 0.6) is 0 Å². The standard InChI is InChI=1S/C14H19NO7/c16-6-9-11(17)12(18)10(13(19)22-9)15-14(20)21-7-8-4-2-1-3-5-8/h1-5,9-13,16-19H,6-7H2,(H,15,20)/t9-,10-,11-,12-,13-/m0/s1. The zero-order valence-corrected chi connectivity index (χ0v) is 11.7. The first-order valence-corrected chi connectivity index (χ1v) is 6.80. The van der Waals surface area contributed by atoms with E-state index >= 15 is 0 Å². The Labute approximate surface area is 126 Å². The predicted molar refractivity (Wildman–Crippen MR) is 73.5 cm³/mol. The van der Waals surface area contributed by atoms with Gasteiger partial charge in [-0.05, 0) is 5.56 Å². The van der Waals surface area contributed by atoms with Crippen molar-refractivity contribution in [3.05, 3.63) is 35.9 Å². The molecule has 0 aliphatic carbocycles. The number of aliphatic hydroxyl groups excluding tert-OH is 4. The fraction of sp³-hybridized carbons (Fsp3) is 0.500. The van der Waals surface area contributed by atoms with Gasteiger partial charge in [0.25, 0.3) is 0 Å². The molecule has 5 atom stereocenters. The Morgan fingerprint density at radius 1 is 1.18 bits per heavy atom. The van der Waals surface area contributed by atoms with Crippen molar-refractivity contribution in [3.63, 3.8) is 0 Å². The van der Waals surface area contributed by atoms with Gasteiger partial charge in [0.2, 0.25) is 0 Å². The van der Waals surface area contributed by atoms with Gasteiger partial charge in [0.15, 0.2) is 6.29 Å². The highest BCUT2D eigenvalue weighted by Crippen LogP contribution is 2.19. The molecule has 2 rings (SSSR count). The van der Waals surface area contributed by atoms with Gasteiger partial charge in [0.1, 0.15) is 31.0 Å². The molecule has 1 amide bonds. The van der Waals surface area contributed by atoms with E-state index in [1.54, 1.807) is 24.3 Å². The normalized spacial score (nSPS) is 31.5. The van der Waals surface area contributed by atoms with Gasteiger partial charge in [-0.3, -0.25) is 0 Å². The van der Waals surface area contributed by atoms with E-state index in [-0.39, 0.29) is 6.61 Å². The Morgan fingerprint density at radius 2 is 1.86 bits per heavy atom. The summed E-state index contributed by atoms with van der Waals surface area (Å²) in [4.78, 5) is 11.7. The summed E-state index contributed by atoms with van der Waals surface area (Å²) in [5, 5.41) is 40.5. The molecule has 0 radical (unpaired) electrons. The minimum atomic E-state index is -1.57. The van der Waals surface area contributed by atoms with Gasteiger partial charge < -0.3 is 35.2 Å². The molecule has 8 nitrogen and oxygen atoms in total. The number of benzene rings is 1. The van der Waals surface area contributed by atoms with Crippen molar-refractivity contribution in [1.29, 1.82) is 0 Å². The van der Waals surface area contributed by atoms with Crippen LogP contribution in [0.25, 0.3) is 0 Å². The molecule has 1 aliphatic heterocycles. The van der Waals surface area contributed by atoms with Gasteiger partial charge >= 0.3 is 6.09 Å². The van der Waals surface area contributed by atoms with Gasteiger partial charge in [-0.1, -0.05) is 30.3 Å². The molecular formula is C14H19NO7. The van der Waals surface area contributed by atoms with Crippen molar-refractivity contribution in [3.8, 4) is 0 Å². The number of nitrogens with one attached hydrogen (secondary N) is 1. The molecule has 1 heterocycles. The average Bonchev–Trinajstić information content (AvgIpc) is 2.54. The maximum absolute atomic E-state index is 11.7. The average molecular weight is 313 g/mol. The molecule has 0 spiro atoms. The second kappa shape index (κ2) is 7.52. The number of rotatable bonds is 4. The molecular weight excluding hydrogens is 294 g/mol. The fourth-order valence-corrected chi connectivity index (χ4v) is 2.15. The Kier molecular flexibility index (Phi) is 5.69. The first kappa shape index (κ1) is 16.7. The Balaban J connectivity index is 1.87. The summed E-state index contributed by atoms with van der Waals surface area (Å²) >= 11 is 0. The fourth-order valence-electron chi connectivity index (χ4n) is 2.15. The molecule has 1 aromatic carbocycles. The summed E-state index contributed by atoms with van der Waals surface area (Å²) in [6.07, 6.45) is -6.49. The van der Waals surface area contributed by atoms with Crippen molar-refractivity contribution < 1.29 is 34.7 Å². The summed E-state index contributed by atoms with van der Waals surface area (Å²) in [5.74, 6) is 0. The van der Waals surface area contributed by atoms with E-state index in [9.17, 15) is 20.1 Å². The van der Waals surface area contributed by atoms with E-state index in [1.807, 2.05) is 6.07 Å². The van der Waals surface area contributed by atoms with Crippen LogP contribution < -0.4 is 5.32 Å². The molecule has 0 aromatic heterocycles. The number of amides is 1. The molecule has 8 heteroatoms. The molecule has 1 aliphatic rings. The van der Waals surface area contributed by atoms with Crippen molar-refractivity contribution >= 4 is 6.09 Å². The van der Waals surface area contributed by atoms with E-state index in [1.165, 1.54) is 0 Å². The third kappa shape index (κ3) is 3.93. The van der Waals surface area contributed by atoms with E-state index < -0.39 is 43.3 Å². The molecule has 5 N–H and O–H groups in total. The number of aliphatic hydroxyl groups is 4. The molecule has 1 aromatic rings. The highest BCUT2D eigenvalue weighted by molar-refractivity contribution is 5.67. The number of alkyl carbamates (subject to hydrolysis) is 1. The highest BCUT2D eigenvalue weighted by atomic mass is 16.6. The van der Waals surface area contributed by atoms with Crippen LogP contribution in [0.4, 0.5) is 4.79 Å². The van der Waals surface area contributed by atoms with E-state index in [4.69, 9.17) is 14.6 Å². The Morgan fingerprint density at radius 3 is 2.50 bits per heavy atom. The van der Waals surface area contributed by atoms with E-state index in [2.05, 4.69) is 5.32 Å². The van der Waals surface area contributed by atoms with Crippen LogP contribution in [0.1, 0.15) is 5.56 Å². The lowest BCUT2D eigenvalue weighted by atomic mass is 9.97. The second-order valence-electron chi connectivity index (χ2n) is 4.96. The minimum absolute atomic E-state index is 0.0221. The Bertz CT molecular complexity index is 483. The molecule has 22 heavy (non-hydrogen) atoms. The summed E-state index contributed by atoms with van der Waals surface area (Å²) < 4.78 is 9.88. The maximum Gasteiger partial charge on any atom is 0.407 e. The number of hydrogen-bond donors (Lipinski definition) is 5. The van der Waals surface area contributed by atoms with Gasteiger partial charge in [-0.25, -0.2) is 4.79 Å². The van der Waals surface area contributed by atoms with Crippen molar-refractivity contribution in [2.45, 2.75) is 37.3 Å². The van der Waals surface area contributed by atoms with Gasteiger partial charge in [0.05, 0.1) is 6.61 Å². The minimum Gasteiger partial charge on any atom is -0.445 e. The maximum atomic E-state index is 11.7. The number of carbonyl (C=O) groups is 1. The van der Waals surface area contributed by atoms with Crippen LogP contribution in [0.2, 0.25) is 0 Å². The Hall–Kier alpha value is -1.71. The molecule has 1 fully saturated rings. The van der Waals surface area contributed by atoms with Gasteiger partial charge in [-0.15, -0.1) is 0 Å². The summed E-state index contributed by atoms with van der Waals surface area (Å²) in [5.41, 5.74) is 0.777. The molecule has 0 unspecified atom stereocenters. The number of carbonyl (C=O) groups excluding carboxylic acids is 1.